The third-order valence-electron chi connectivity index (χ3n) is 5.19. The Bertz CT molecular complexity index is 521. The third kappa shape index (κ3) is 4.71. The van der Waals surface area contributed by atoms with E-state index in [9.17, 15) is 4.79 Å². The molecule has 0 radical (unpaired) electrons. The zero-order chi connectivity index (χ0) is 16.2. The van der Waals surface area contributed by atoms with Crippen LogP contribution in [0.15, 0.2) is 12.3 Å². The number of hydrogen-bond acceptors (Lipinski definition) is 4. The van der Waals surface area contributed by atoms with Gasteiger partial charge in [0.15, 0.2) is 0 Å². The van der Waals surface area contributed by atoms with Crippen molar-refractivity contribution in [2.24, 2.45) is 5.92 Å². The van der Waals surface area contributed by atoms with E-state index in [0.29, 0.717) is 17.7 Å². The topological polar surface area (TPSA) is 53.4 Å². The van der Waals surface area contributed by atoms with Crippen molar-refractivity contribution >= 4 is 18.3 Å². The van der Waals surface area contributed by atoms with E-state index in [1.54, 1.807) is 0 Å². The lowest BCUT2D eigenvalue weighted by atomic mass is 9.96. The number of halogens is 1. The number of aromatic nitrogens is 2. The Morgan fingerprint density at radius 3 is 2.79 bits per heavy atom. The largest absolute Gasteiger partial charge is 0.340 e. The van der Waals surface area contributed by atoms with E-state index in [1.165, 1.54) is 19.3 Å². The maximum atomic E-state index is 12.6. The van der Waals surface area contributed by atoms with Crippen LogP contribution < -0.4 is 5.32 Å². The Hall–Kier alpha value is -1.11. The number of amides is 1. The molecule has 2 aliphatic heterocycles. The fraction of sp³-hybridized carbons (Fsp3) is 0.765. The number of piperidine rings is 2. The molecule has 1 unspecified atom stereocenters. The van der Waals surface area contributed by atoms with E-state index in [1.807, 2.05) is 28.9 Å². The van der Waals surface area contributed by atoms with E-state index in [-0.39, 0.29) is 18.3 Å². The minimum absolute atomic E-state index is 0. The van der Waals surface area contributed by atoms with Gasteiger partial charge in [-0.25, -0.2) is 0 Å². The number of rotatable bonds is 4. The summed E-state index contributed by atoms with van der Waals surface area (Å²) >= 11 is 0. The molecule has 0 saturated carbocycles. The standard InChI is InChI=1S/C17H29N5O.ClH/c1-20-9-5-14(6-10-20)13-21(2)17(23)16-7-11-22(19-16)15-4-3-8-18-12-15;/h7,11,14-15,18H,3-6,8-10,12-13H2,1-2H3;1H. The maximum Gasteiger partial charge on any atom is 0.274 e. The van der Waals surface area contributed by atoms with Crippen molar-refractivity contribution in [1.29, 1.82) is 0 Å². The van der Waals surface area contributed by atoms with E-state index in [2.05, 4.69) is 22.4 Å². The van der Waals surface area contributed by atoms with Gasteiger partial charge in [-0.2, -0.15) is 5.10 Å². The Kier molecular flexibility index (Phi) is 7.07. The highest BCUT2D eigenvalue weighted by Gasteiger charge is 2.23. The summed E-state index contributed by atoms with van der Waals surface area (Å²) in [6.45, 7) is 5.14. The molecular weight excluding hydrogens is 326 g/mol. The molecular formula is C17H30ClN5O. The van der Waals surface area contributed by atoms with Gasteiger partial charge in [0, 0.05) is 26.3 Å². The first-order valence-electron chi connectivity index (χ1n) is 8.83. The highest BCUT2D eigenvalue weighted by molar-refractivity contribution is 5.92. The molecule has 136 valence electrons. The van der Waals surface area contributed by atoms with Crippen molar-refractivity contribution in [2.45, 2.75) is 31.7 Å². The number of hydrogen-bond donors (Lipinski definition) is 1. The smallest absolute Gasteiger partial charge is 0.274 e. The van der Waals surface area contributed by atoms with Crippen molar-refractivity contribution in [2.75, 3.05) is 46.8 Å². The second kappa shape index (κ2) is 8.83. The van der Waals surface area contributed by atoms with Gasteiger partial charge in [0.2, 0.25) is 0 Å². The zero-order valence-corrected chi connectivity index (χ0v) is 15.6. The molecule has 0 bridgehead atoms. The number of nitrogens with one attached hydrogen (secondary N) is 1. The van der Waals surface area contributed by atoms with Gasteiger partial charge in [-0.3, -0.25) is 9.48 Å². The van der Waals surface area contributed by atoms with Crippen LogP contribution in [-0.4, -0.2) is 72.3 Å². The summed E-state index contributed by atoms with van der Waals surface area (Å²) in [7, 11) is 4.07. The van der Waals surface area contributed by atoms with Crippen LogP contribution in [0, 0.1) is 5.92 Å². The van der Waals surface area contributed by atoms with Gasteiger partial charge >= 0.3 is 0 Å². The van der Waals surface area contributed by atoms with E-state index in [0.717, 1.165) is 39.1 Å². The van der Waals surface area contributed by atoms with Crippen LogP contribution in [-0.2, 0) is 0 Å². The summed E-state index contributed by atoms with van der Waals surface area (Å²) in [5.74, 6) is 0.663. The minimum Gasteiger partial charge on any atom is -0.340 e. The molecule has 7 heteroatoms. The number of carbonyl (C=O) groups is 1. The normalized spacial score (nSPS) is 22.8. The Morgan fingerprint density at radius 2 is 2.12 bits per heavy atom. The average Bonchev–Trinajstić information content (AvgIpc) is 3.07. The zero-order valence-electron chi connectivity index (χ0n) is 14.8. The third-order valence-corrected chi connectivity index (χ3v) is 5.19. The number of nitrogens with zero attached hydrogens (tertiary/aromatic N) is 4. The molecule has 3 heterocycles. The molecule has 2 aliphatic rings. The quantitative estimate of drug-likeness (QED) is 0.892. The van der Waals surface area contributed by atoms with Gasteiger partial charge in [0.1, 0.15) is 5.69 Å². The Labute approximate surface area is 151 Å². The molecule has 0 aliphatic carbocycles. The van der Waals surface area contributed by atoms with E-state index >= 15 is 0 Å². The van der Waals surface area contributed by atoms with Gasteiger partial charge in [0.25, 0.3) is 5.91 Å². The summed E-state index contributed by atoms with van der Waals surface area (Å²) in [6.07, 6.45) is 6.61. The summed E-state index contributed by atoms with van der Waals surface area (Å²) in [4.78, 5) is 16.8. The molecule has 1 N–H and O–H groups in total. The first-order chi connectivity index (χ1) is 11.1. The van der Waals surface area contributed by atoms with Crippen molar-refractivity contribution in [3.8, 4) is 0 Å². The molecule has 3 rings (SSSR count). The molecule has 1 aromatic rings. The SMILES string of the molecule is CN1CCC(CN(C)C(=O)c2ccn(C3CCCNC3)n2)CC1.Cl. The molecule has 2 saturated heterocycles. The second-order valence-corrected chi connectivity index (χ2v) is 7.11. The van der Waals surface area contributed by atoms with Crippen LogP contribution in [0.1, 0.15) is 42.2 Å². The van der Waals surface area contributed by atoms with Crippen LogP contribution in [0.4, 0.5) is 0 Å². The number of likely N-dealkylation sites (tertiary alicyclic amines) is 1. The van der Waals surface area contributed by atoms with Crippen LogP contribution in [0.3, 0.4) is 0 Å². The van der Waals surface area contributed by atoms with Gasteiger partial charge in [-0.15, -0.1) is 12.4 Å². The van der Waals surface area contributed by atoms with Gasteiger partial charge in [-0.05, 0) is 64.3 Å². The first kappa shape index (κ1) is 19.2. The fourth-order valence-electron chi connectivity index (χ4n) is 3.63. The molecule has 1 aromatic heterocycles. The van der Waals surface area contributed by atoms with Gasteiger partial charge in [0.05, 0.1) is 6.04 Å². The van der Waals surface area contributed by atoms with Crippen LogP contribution in [0.5, 0.6) is 0 Å². The van der Waals surface area contributed by atoms with Crippen LogP contribution in [0.25, 0.3) is 0 Å². The first-order valence-corrected chi connectivity index (χ1v) is 8.83. The van der Waals surface area contributed by atoms with Crippen molar-refractivity contribution in [1.82, 2.24) is 24.9 Å². The summed E-state index contributed by atoms with van der Waals surface area (Å²) in [5, 5.41) is 7.93. The Morgan fingerprint density at radius 1 is 1.38 bits per heavy atom. The monoisotopic (exact) mass is 355 g/mol. The summed E-state index contributed by atoms with van der Waals surface area (Å²) in [6, 6.07) is 2.24. The fourth-order valence-corrected chi connectivity index (χ4v) is 3.63. The lowest BCUT2D eigenvalue weighted by Gasteiger charge is -2.31. The molecule has 0 spiro atoms. The highest BCUT2D eigenvalue weighted by Crippen LogP contribution is 2.19. The second-order valence-electron chi connectivity index (χ2n) is 7.11. The van der Waals surface area contributed by atoms with Crippen molar-refractivity contribution in [3.05, 3.63) is 18.0 Å². The van der Waals surface area contributed by atoms with Gasteiger partial charge < -0.3 is 15.1 Å². The highest BCUT2D eigenvalue weighted by atomic mass is 35.5. The molecule has 0 aromatic carbocycles. The number of carbonyl (C=O) groups excluding carboxylic acids is 1. The maximum absolute atomic E-state index is 12.6. The van der Waals surface area contributed by atoms with Crippen molar-refractivity contribution in [3.63, 3.8) is 0 Å². The van der Waals surface area contributed by atoms with E-state index in [4.69, 9.17) is 0 Å². The summed E-state index contributed by atoms with van der Waals surface area (Å²) in [5.41, 5.74) is 0.575. The van der Waals surface area contributed by atoms with E-state index < -0.39 is 0 Å². The van der Waals surface area contributed by atoms with Crippen molar-refractivity contribution < 1.29 is 4.79 Å². The minimum atomic E-state index is 0. The Balaban J connectivity index is 0.00000208. The average molecular weight is 356 g/mol. The van der Waals surface area contributed by atoms with Gasteiger partial charge in [-0.1, -0.05) is 0 Å². The molecule has 6 nitrogen and oxygen atoms in total. The molecule has 1 amide bonds. The lowest BCUT2D eigenvalue weighted by molar-refractivity contribution is 0.0740. The predicted octanol–water partition coefficient (Wildman–Crippen LogP) is 1.64. The molecule has 2 fully saturated rings. The summed E-state index contributed by atoms with van der Waals surface area (Å²) < 4.78 is 1.96. The predicted molar refractivity (Wildman–Crippen MR) is 97.8 cm³/mol. The molecule has 1 atom stereocenters. The van der Waals surface area contributed by atoms with Crippen LogP contribution in [0.2, 0.25) is 0 Å². The lowest BCUT2D eigenvalue weighted by Crippen LogP contribution is -2.38. The molecule has 24 heavy (non-hydrogen) atoms. The van der Waals surface area contributed by atoms with Crippen LogP contribution >= 0.6 is 12.4 Å².